The van der Waals surface area contributed by atoms with Crippen LogP contribution in [-0.4, -0.2) is 56.5 Å². The molecule has 0 bridgehead atoms. The molecule has 0 saturated heterocycles. The lowest BCUT2D eigenvalue weighted by Gasteiger charge is -2.19. The van der Waals surface area contributed by atoms with Crippen molar-refractivity contribution in [3.05, 3.63) is 0 Å². The molecule has 0 saturated carbocycles. The van der Waals surface area contributed by atoms with Gasteiger partial charge in [0.1, 0.15) is 5.78 Å². The van der Waals surface area contributed by atoms with Crippen LogP contribution in [0.25, 0.3) is 0 Å². The predicted octanol–water partition coefficient (Wildman–Crippen LogP) is 1.56. The number of nitrogens with zero attached hydrogens (tertiary/aromatic N) is 1. The number of ketones is 1. The van der Waals surface area contributed by atoms with E-state index in [1.807, 2.05) is 0 Å². The minimum absolute atomic E-state index is 0.133. The maximum absolute atomic E-state index is 12.1. The number of rotatable bonds is 12. The van der Waals surface area contributed by atoms with Gasteiger partial charge in [-0.1, -0.05) is 0 Å². The molecule has 0 N–H and O–H groups in total. The number of imide groups is 1. The largest absolute Gasteiger partial charge is 0.385 e. The Kier molecular flexibility index (Phi) is 11.7. The van der Waals surface area contributed by atoms with Crippen molar-refractivity contribution in [2.75, 3.05) is 34.0 Å². The fraction of sp³-hybridized carbons (Fsp3) is 0.800. The van der Waals surface area contributed by atoms with Gasteiger partial charge in [0.15, 0.2) is 0 Å². The quantitative estimate of drug-likeness (QED) is 0.512. The first-order valence-corrected chi connectivity index (χ1v) is 7.33. The van der Waals surface area contributed by atoms with E-state index >= 15 is 0 Å². The van der Waals surface area contributed by atoms with Crippen molar-refractivity contribution >= 4 is 17.6 Å². The van der Waals surface area contributed by atoms with Gasteiger partial charge in [-0.05, 0) is 32.6 Å². The summed E-state index contributed by atoms with van der Waals surface area (Å²) in [4.78, 5) is 36.4. The molecule has 0 radical (unpaired) electrons. The molecule has 0 aliphatic heterocycles. The zero-order chi connectivity index (χ0) is 16.1. The number of Topliss-reactive ketones (excluding diaryl/α,β-unsaturated/α-hetero) is 1. The first-order valence-electron chi connectivity index (χ1n) is 7.33. The average Bonchev–Trinajstić information content (AvgIpc) is 2.45. The highest BCUT2D eigenvalue weighted by molar-refractivity contribution is 5.98. The van der Waals surface area contributed by atoms with Crippen LogP contribution < -0.4 is 0 Å². The minimum Gasteiger partial charge on any atom is -0.385 e. The molecular formula is C15H27NO5. The molecule has 0 fully saturated rings. The van der Waals surface area contributed by atoms with Crippen LogP contribution in [0, 0.1) is 0 Å². The summed E-state index contributed by atoms with van der Waals surface area (Å²) in [6, 6.07) is 0. The molecule has 0 aromatic heterocycles. The van der Waals surface area contributed by atoms with Crippen LogP contribution in [-0.2, 0) is 23.9 Å². The van der Waals surface area contributed by atoms with Crippen molar-refractivity contribution in [1.82, 2.24) is 4.90 Å². The lowest BCUT2D eigenvalue weighted by Crippen LogP contribution is -2.39. The highest BCUT2D eigenvalue weighted by Crippen LogP contribution is 2.07. The molecule has 2 amide bonds. The third kappa shape index (κ3) is 10.1. The standard InChI is InChI=1S/C15H27NO5/c1-13(17)12-16(14(18)8-4-6-10-20-2)15(19)9-5-7-11-21-3/h4-12H2,1-3H3. The van der Waals surface area contributed by atoms with Crippen LogP contribution >= 0.6 is 0 Å². The molecular weight excluding hydrogens is 274 g/mol. The summed E-state index contributed by atoms with van der Waals surface area (Å²) < 4.78 is 9.83. The fourth-order valence-electron chi connectivity index (χ4n) is 1.85. The van der Waals surface area contributed by atoms with Crippen LogP contribution in [0.5, 0.6) is 0 Å². The smallest absolute Gasteiger partial charge is 0.229 e. The summed E-state index contributed by atoms with van der Waals surface area (Å²) in [5.41, 5.74) is 0. The Balaban J connectivity index is 4.31. The first-order chi connectivity index (χ1) is 10.0. The van der Waals surface area contributed by atoms with Gasteiger partial charge in [-0.15, -0.1) is 0 Å². The summed E-state index contributed by atoms with van der Waals surface area (Å²) in [6.45, 7) is 2.42. The van der Waals surface area contributed by atoms with E-state index in [-0.39, 0.29) is 37.0 Å². The topological polar surface area (TPSA) is 72.9 Å². The van der Waals surface area contributed by atoms with Crippen molar-refractivity contribution in [3.63, 3.8) is 0 Å². The number of unbranched alkanes of at least 4 members (excludes halogenated alkanes) is 2. The number of amides is 2. The Morgan fingerprint density at radius 2 is 1.24 bits per heavy atom. The van der Waals surface area contributed by atoms with Gasteiger partial charge in [0.05, 0.1) is 6.54 Å². The number of hydrogen-bond donors (Lipinski definition) is 0. The summed E-state index contributed by atoms with van der Waals surface area (Å²) in [5, 5.41) is 0. The maximum Gasteiger partial charge on any atom is 0.229 e. The lowest BCUT2D eigenvalue weighted by molar-refractivity contribution is -0.147. The monoisotopic (exact) mass is 301 g/mol. The van der Waals surface area contributed by atoms with Crippen molar-refractivity contribution in [1.29, 1.82) is 0 Å². The number of carbonyl (C=O) groups is 3. The summed E-state index contributed by atoms with van der Waals surface area (Å²) >= 11 is 0. The summed E-state index contributed by atoms with van der Waals surface area (Å²) in [6.07, 6.45) is 3.35. The molecule has 0 aliphatic rings. The van der Waals surface area contributed by atoms with Crippen molar-refractivity contribution in [2.24, 2.45) is 0 Å². The molecule has 6 heteroatoms. The van der Waals surface area contributed by atoms with E-state index in [9.17, 15) is 14.4 Å². The minimum atomic E-state index is -0.280. The van der Waals surface area contributed by atoms with Gasteiger partial charge < -0.3 is 9.47 Å². The van der Waals surface area contributed by atoms with Crippen molar-refractivity contribution in [2.45, 2.75) is 45.4 Å². The molecule has 21 heavy (non-hydrogen) atoms. The third-order valence-electron chi connectivity index (χ3n) is 2.96. The molecule has 0 aliphatic carbocycles. The number of ether oxygens (including phenoxy) is 2. The van der Waals surface area contributed by atoms with E-state index in [1.54, 1.807) is 14.2 Å². The molecule has 0 rings (SSSR count). The van der Waals surface area contributed by atoms with E-state index in [4.69, 9.17) is 9.47 Å². The average molecular weight is 301 g/mol. The van der Waals surface area contributed by atoms with E-state index in [2.05, 4.69) is 0 Å². The molecule has 0 atom stereocenters. The summed E-state index contributed by atoms with van der Waals surface area (Å²) in [7, 11) is 3.21. The van der Waals surface area contributed by atoms with Gasteiger partial charge in [-0.3, -0.25) is 19.3 Å². The van der Waals surface area contributed by atoms with E-state index in [1.165, 1.54) is 6.92 Å². The van der Waals surface area contributed by atoms with Gasteiger partial charge >= 0.3 is 0 Å². The number of methoxy groups -OCH3 is 2. The first kappa shape index (κ1) is 19.7. The molecule has 0 unspecified atom stereocenters. The van der Waals surface area contributed by atoms with Gasteiger partial charge in [0.25, 0.3) is 0 Å². The van der Waals surface area contributed by atoms with Crippen LogP contribution in [0.2, 0.25) is 0 Å². The van der Waals surface area contributed by atoms with Crippen molar-refractivity contribution < 1.29 is 23.9 Å². The van der Waals surface area contributed by atoms with Gasteiger partial charge in [-0.2, -0.15) is 0 Å². The SMILES string of the molecule is COCCCCC(=O)N(CC(C)=O)C(=O)CCCCOC. The Bertz CT molecular complexity index is 306. The maximum atomic E-state index is 12.1. The van der Waals surface area contributed by atoms with Crippen LogP contribution in [0.4, 0.5) is 0 Å². The fourth-order valence-corrected chi connectivity index (χ4v) is 1.85. The summed E-state index contributed by atoms with van der Waals surface area (Å²) in [5.74, 6) is -0.749. The predicted molar refractivity (Wildman–Crippen MR) is 78.9 cm³/mol. The van der Waals surface area contributed by atoms with Gasteiger partial charge in [0, 0.05) is 40.3 Å². The van der Waals surface area contributed by atoms with E-state index < -0.39 is 0 Å². The van der Waals surface area contributed by atoms with E-state index in [0.717, 1.165) is 17.7 Å². The van der Waals surface area contributed by atoms with Gasteiger partial charge in [0.2, 0.25) is 11.8 Å². The Hall–Kier alpha value is -1.27. The normalized spacial score (nSPS) is 10.4. The second-order valence-electron chi connectivity index (χ2n) is 4.98. The second-order valence-corrected chi connectivity index (χ2v) is 4.98. The lowest BCUT2D eigenvalue weighted by atomic mass is 10.2. The van der Waals surface area contributed by atoms with E-state index in [0.29, 0.717) is 26.1 Å². The van der Waals surface area contributed by atoms with Crippen LogP contribution in [0.15, 0.2) is 0 Å². The molecule has 122 valence electrons. The number of hydrogen-bond acceptors (Lipinski definition) is 5. The highest BCUT2D eigenvalue weighted by atomic mass is 16.5. The molecule has 0 spiro atoms. The Morgan fingerprint density at radius 3 is 1.57 bits per heavy atom. The van der Waals surface area contributed by atoms with Crippen molar-refractivity contribution in [3.8, 4) is 0 Å². The van der Waals surface area contributed by atoms with Crippen LogP contribution in [0.3, 0.4) is 0 Å². The molecule has 0 aromatic rings. The zero-order valence-corrected chi connectivity index (χ0v) is 13.4. The molecule has 6 nitrogen and oxygen atoms in total. The Labute approximate surface area is 126 Å². The molecule has 0 heterocycles. The van der Waals surface area contributed by atoms with Crippen LogP contribution in [0.1, 0.15) is 45.4 Å². The number of carbonyl (C=O) groups excluding carboxylic acids is 3. The Morgan fingerprint density at radius 1 is 0.810 bits per heavy atom. The second kappa shape index (κ2) is 12.5. The third-order valence-corrected chi connectivity index (χ3v) is 2.96. The highest BCUT2D eigenvalue weighted by Gasteiger charge is 2.21. The molecule has 0 aromatic carbocycles. The van der Waals surface area contributed by atoms with Gasteiger partial charge in [-0.25, -0.2) is 0 Å². The zero-order valence-electron chi connectivity index (χ0n) is 13.4.